The van der Waals surface area contributed by atoms with Gasteiger partial charge in [0.25, 0.3) is 11.8 Å². The zero-order valence-electron chi connectivity index (χ0n) is 14.8. The molecule has 0 spiro atoms. The van der Waals surface area contributed by atoms with E-state index in [4.69, 9.17) is 8.94 Å². The van der Waals surface area contributed by atoms with E-state index in [0.29, 0.717) is 49.2 Å². The maximum Gasteiger partial charge on any atom is 0.289 e. The van der Waals surface area contributed by atoms with E-state index < -0.39 is 0 Å². The summed E-state index contributed by atoms with van der Waals surface area (Å²) < 4.78 is 10.2. The number of benzene rings is 1. The predicted octanol–water partition coefficient (Wildman–Crippen LogP) is 2.24. The molecule has 1 aromatic carbocycles. The van der Waals surface area contributed by atoms with Crippen LogP contribution in [0.2, 0.25) is 0 Å². The average Bonchev–Trinajstić information content (AvgIpc) is 3.39. The summed E-state index contributed by atoms with van der Waals surface area (Å²) in [6, 6.07) is 10.5. The normalized spacial score (nSPS) is 14.4. The van der Waals surface area contributed by atoms with Crippen LogP contribution in [-0.2, 0) is 0 Å². The van der Waals surface area contributed by atoms with E-state index in [1.165, 1.54) is 6.26 Å². The van der Waals surface area contributed by atoms with Crippen molar-refractivity contribution in [2.24, 2.45) is 0 Å². The van der Waals surface area contributed by atoms with Crippen LogP contribution in [0.3, 0.4) is 0 Å². The highest BCUT2D eigenvalue weighted by molar-refractivity contribution is 5.96. The molecule has 0 N–H and O–H groups in total. The molecule has 0 radical (unpaired) electrons. The monoisotopic (exact) mass is 366 g/mol. The van der Waals surface area contributed by atoms with Gasteiger partial charge in [-0.2, -0.15) is 4.98 Å². The average molecular weight is 366 g/mol. The van der Waals surface area contributed by atoms with Gasteiger partial charge in [0.2, 0.25) is 11.7 Å². The molecule has 8 nitrogen and oxygen atoms in total. The molecule has 27 heavy (non-hydrogen) atoms. The third-order valence-corrected chi connectivity index (χ3v) is 4.48. The zero-order valence-corrected chi connectivity index (χ0v) is 14.8. The van der Waals surface area contributed by atoms with Crippen molar-refractivity contribution in [3.05, 3.63) is 59.9 Å². The largest absolute Gasteiger partial charge is 0.459 e. The Balaban J connectivity index is 1.43. The minimum Gasteiger partial charge on any atom is -0.459 e. The number of hydrogen-bond donors (Lipinski definition) is 0. The van der Waals surface area contributed by atoms with Crippen LogP contribution in [0.4, 0.5) is 0 Å². The number of rotatable bonds is 3. The molecule has 3 aromatic rings. The van der Waals surface area contributed by atoms with Gasteiger partial charge in [-0.1, -0.05) is 17.3 Å². The van der Waals surface area contributed by atoms with Crippen molar-refractivity contribution < 1.29 is 18.5 Å². The molecule has 0 aliphatic carbocycles. The van der Waals surface area contributed by atoms with Gasteiger partial charge < -0.3 is 18.7 Å². The number of aromatic nitrogens is 2. The Labute approximate surface area is 155 Å². The van der Waals surface area contributed by atoms with Gasteiger partial charge in [0, 0.05) is 44.2 Å². The van der Waals surface area contributed by atoms with Gasteiger partial charge in [0.05, 0.1) is 6.26 Å². The number of hydrogen-bond acceptors (Lipinski definition) is 6. The van der Waals surface area contributed by atoms with Crippen molar-refractivity contribution in [3.8, 4) is 11.4 Å². The lowest BCUT2D eigenvalue weighted by Gasteiger charge is -2.34. The Hall–Kier alpha value is -3.42. The Morgan fingerprint density at radius 3 is 2.37 bits per heavy atom. The lowest BCUT2D eigenvalue weighted by atomic mass is 10.1. The first-order valence-electron chi connectivity index (χ1n) is 8.64. The van der Waals surface area contributed by atoms with Crippen molar-refractivity contribution in [1.82, 2.24) is 19.9 Å². The summed E-state index contributed by atoms with van der Waals surface area (Å²) in [5.41, 5.74) is 1.28. The van der Waals surface area contributed by atoms with E-state index in [2.05, 4.69) is 10.1 Å². The topological polar surface area (TPSA) is 92.7 Å². The molecule has 1 aliphatic rings. The fourth-order valence-electron chi connectivity index (χ4n) is 3.06. The number of amides is 2. The third-order valence-electron chi connectivity index (χ3n) is 4.48. The van der Waals surface area contributed by atoms with Crippen molar-refractivity contribution in [2.75, 3.05) is 26.2 Å². The Kier molecular flexibility index (Phi) is 4.45. The second-order valence-electron chi connectivity index (χ2n) is 6.28. The summed E-state index contributed by atoms with van der Waals surface area (Å²) in [5, 5.41) is 3.89. The zero-order chi connectivity index (χ0) is 18.8. The van der Waals surface area contributed by atoms with E-state index in [-0.39, 0.29) is 11.8 Å². The maximum atomic E-state index is 12.8. The van der Waals surface area contributed by atoms with Crippen molar-refractivity contribution in [3.63, 3.8) is 0 Å². The molecule has 2 amide bonds. The van der Waals surface area contributed by atoms with Crippen molar-refractivity contribution in [1.29, 1.82) is 0 Å². The first kappa shape index (κ1) is 17.0. The summed E-state index contributed by atoms with van der Waals surface area (Å²) in [6.45, 7) is 3.59. The number of aryl methyl sites for hydroxylation is 1. The number of carbonyl (C=O) groups is 2. The van der Waals surface area contributed by atoms with Gasteiger partial charge in [-0.25, -0.2) is 0 Å². The van der Waals surface area contributed by atoms with Crippen LogP contribution >= 0.6 is 0 Å². The van der Waals surface area contributed by atoms with E-state index in [1.54, 1.807) is 47.1 Å². The van der Waals surface area contributed by atoms with Crippen LogP contribution in [0.5, 0.6) is 0 Å². The SMILES string of the molecule is Cc1nc(-c2cccc(C(=O)N3CCN(C(=O)c4ccco4)CC3)c2)no1. The van der Waals surface area contributed by atoms with Crippen LogP contribution in [0, 0.1) is 6.92 Å². The van der Waals surface area contributed by atoms with E-state index in [0.717, 1.165) is 5.56 Å². The van der Waals surface area contributed by atoms with E-state index >= 15 is 0 Å². The first-order valence-corrected chi connectivity index (χ1v) is 8.64. The van der Waals surface area contributed by atoms with E-state index in [1.807, 2.05) is 6.07 Å². The summed E-state index contributed by atoms with van der Waals surface area (Å²) in [7, 11) is 0. The third kappa shape index (κ3) is 3.46. The number of piperazine rings is 1. The van der Waals surface area contributed by atoms with Crippen LogP contribution in [0.25, 0.3) is 11.4 Å². The van der Waals surface area contributed by atoms with Gasteiger partial charge >= 0.3 is 0 Å². The Bertz CT molecular complexity index is 956. The minimum absolute atomic E-state index is 0.0813. The lowest BCUT2D eigenvalue weighted by Crippen LogP contribution is -2.50. The van der Waals surface area contributed by atoms with Gasteiger partial charge in [-0.3, -0.25) is 9.59 Å². The summed E-state index contributed by atoms with van der Waals surface area (Å²) in [4.78, 5) is 32.8. The summed E-state index contributed by atoms with van der Waals surface area (Å²) in [5.74, 6) is 1.01. The molecule has 1 saturated heterocycles. The quantitative estimate of drug-likeness (QED) is 0.706. The predicted molar refractivity (Wildman–Crippen MR) is 95.0 cm³/mol. The number of nitrogens with zero attached hydrogens (tertiary/aromatic N) is 4. The molecule has 4 rings (SSSR count). The molecule has 0 unspecified atom stereocenters. The van der Waals surface area contributed by atoms with Crippen molar-refractivity contribution >= 4 is 11.8 Å². The second-order valence-corrected chi connectivity index (χ2v) is 6.28. The molecule has 1 fully saturated rings. The van der Waals surface area contributed by atoms with Gasteiger partial charge in [-0.05, 0) is 24.3 Å². The molecule has 138 valence electrons. The smallest absolute Gasteiger partial charge is 0.289 e. The maximum absolute atomic E-state index is 12.8. The van der Waals surface area contributed by atoms with Crippen molar-refractivity contribution in [2.45, 2.75) is 6.92 Å². The summed E-state index contributed by atoms with van der Waals surface area (Å²) in [6.07, 6.45) is 1.48. The fraction of sp³-hybridized carbons (Fsp3) is 0.263. The number of furan rings is 1. The highest BCUT2D eigenvalue weighted by Crippen LogP contribution is 2.19. The highest BCUT2D eigenvalue weighted by Gasteiger charge is 2.26. The molecule has 3 heterocycles. The highest BCUT2D eigenvalue weighted by atomic mass is 16.5. The molecule has 8 heteroatoms. The number of carbonyl (C=O) groups excluding carboxylic acids is 2. The van der Waals surface area contributed by atoms with Crippen LogP contribution in [-0.4, -0.2) is 57.9 Å². The minimum atomic E-state index is -0.151. The van der Waals surface area contributed by atoms with Crippen LogP contribution in [0.15, 0.2) is 51.6 Å². The summed E-state index contributed by atoms with van der Waals surface area (Å²) >= 11 is 0. The molecule has 0 saturated carbocycles. The fourth-order valence-corrected chi connectivity index (χ4v) is 3.06. The molecule has 0 atom stereocenters. The van der Waals surface area contributed by atoms with Gasteiger partial charge in [-0.15, -0.1) is 0 Å². The molecular formula is C19H18N4O4. The van der Waals surface area contributed by atoms with Crippen LogP contribution in [0.1, 0.15) is 26.8 Å². The van der Waals surface area contributed by atoms with Gasteiger partial charge in [0.15, 0.2) is 5.76 Å². The Morgan fingerprint density at radius 1 is 1.00 bits per heavy atom. The van der Waals surface area contributed by atoms with Gasteiger partial charge in [0.1, 0.15) is 0 Å². The van der Waals surface area contributed by atoms with Crippen LogP contribution < -0.4 is 0 Å². The molecule has 2 aromatic heterocycles. The molecular weight excluding hydrogens is 348 g/mol. The first-order chi connectivity index (χ1) is 13.1. The standard InChI is InChI=1S/C19H18N4O4/c1-13-20-17(21-27-13)14-4-2-5-15(12-14)18(24)22-7-9-23(10-8-22)19(25)16-6-3-11-26-16/h2-6,11-12H,7-10H2,1H3. The molecule has 1 aliphatic heterocycles. The lowest BCUT2D eigenvalue weighted by molar-refractivity contribution is 0.0518. The Morgan fingerprint density at radius 2 is 1.74 bits per heavy atom. The second kappa shape index (κ2) is 7.06. The van der Waals surface area contributed by atoms with E-state index in [9.17, 15) is 9.59 Å². The molecule has 0 bridgehead atoms.